The number of para-hydroxylation sites is 1. The molecule has 0 aliphatic heterocycles. The largest absolute Gasteiger partial charge is 0.508 e. The van der Waals surface area contributed by atoms with E-state index in [0.29, 0.717) is 11.3 Å². The third-order valence-electron chi connectivity index (χ3n) is 3.64. The van der Waals surface area contributed by atoms with Crippen molar-refractivity contribution < 1.29 is 29.3 Å². The first-order valence-corrected chi connectivity index (χ1v) is 9.52. The minimum absolute atomic E-state index is 0.0913. The number of carbonyl (C=O) groups excluding carboxylic acids is 1. The molecule has 0 aliphatic rings. The molecule has 148 valence electrons. The lowest BCUT2D eigenvalue weighted by Gasteiger charge is -2.26. The van der Waals surface area contributed by atoms with E-state index in [0.717, 1.165) is 9.65 Å². The number of carboxylic acid groups (broad SMARTS) is 1. The molecule has 2 atom stereocenters. The van der Waals surface area contributed by atoms with Gasteiger partial charge in [-0.3, -0.25) is 5.32 Å². The standard InChI is InChI=1S/C20H20INO6/c1-2-27-17(10-11-18(24)25)19(15-12-13(21)8-9-16(15)23)28-20(26)22-14-6-4-3-5-7-14/h3-12,17,19,23H,2H2,1H3,(H,22,26)(H,24,25)/b11-10+/t17-,19-/m1/s1. The second-order valence-electron chi connectivity index (χ2n) is 5.64. The molecular weight excluding hydrogens is 477 g/mol. The van der Waals surface area contributed by atoms with Crippen molar-refractivity contribution in [2.75, 3.05) is 11.9 Å². The maximum atomic E-state index is 12.4. The molecular formula is C20H20INO6. The van der Waals surface area contributed by atoms with E-state index >= 15 is 0 Å². The summed E-state index contributed by atoms with van der Waals surface area (Å²) in [5.74, 6) is -1.25. The van der Waals surface area contributed by atoms with Gasteiger partial charge in [0.15, 0.2) is 6.10 Å². The zero-order valence-corrected chi connectivity index (χ0v) is 17.2. The Balaban J connectivity index is 2.35. The molecule has 0 bridgehead atoms. The first-order chi connectivity index (χ1) is 13.4. The number of aromatic hydroxyl groups is 1. The maximum Gasteiger partial charge on any atom is 0.412 e. The number of rotatable bonds is 8. The molecule has 0 saturated carbocycles. The van der Waals surface area contributed by atoms with Gasteiger partial charge in [0.25, 0.3) is 0 Å². The number of amides is 1. The molecule has 8 heteroatoms. The van der Waals surface area contributed by atoms with Gasteiger partial charge >= 0.3 is 12.1 Å². The zero-order valence-electron chi connectivity index (χ0n) is 15.0. The molecule has 0 heterocycles. The van der Waals surface area contributed by atoms with Crippen LogP contribution in [0.5, 0.6) is 5.75 Å². The number of hydrogen-bond acceptors (Lipinski definition) is 5. The molecule has 0 aromatic heterocycles. The van der Waals surface area contributed by atoms with Crippen LogP contribution in [0.3, 0.4) is 0 Å². The number of hydrogen-bond donors (Lipinski definition) is 3. The molecule has 3 N–H and O–H groups in total. The maximum absolute atomic E-state index is 12.4. The SMILES string of the molecule is CCO[C@H](/C=C/C(=O)O)[C@H](OC(=O)Nc1ccccc1)c1cc(I)ccc1O. The first kappa shape index (κ1) is 21.7. The molecule has 0 spiro atoms. The van der Waals surface area contributed by atoms with Crippen LogP contribution >= 0.6 is 22.6 Å². The number of halogens is 1. The van der Waals surface area contributed by atoms with Crippen LogP contribution in [-0.4, -0.2) is 35.0 Å². The minimum Gasteiger partial charge on any atom is -0.508 e. The van der Waals surface area contributed by atoms with Crippen LogP contribution in [0, 0.1) is 3.57 Å². The third-order valence-corrected chi connectivity index (χ3v) is 4.31. The average Bonchev–Trinajstić information content (AvgIpc) is 2.66. The molecule has 0 fully saturated rings. The number of nitrogens with one attached hydrogen (secondary N) is 1. The van der Waals surface area contributed by atoms with Gasteiger partial charge in [-0.1, -0.05) is 18.2 Å². The van der Waals surface area contributed by atoms with Crippen LogP contribution < -0.4 is 5.32 Å². The second-order valence-corrected chi connectivity index (χ2v) is 6.88. The number of phenols is 1. The van der Waals surface area contributed by atoms with Gasteiger partial charge in [-0.2, -0.15) is 0 Å². The van der Waals surface area contributed by atoms with Crippen LogP contribution in [0.4, 0.5) is 10.5 Å². The van der Waals surface area contributed by atoms with Gasteiger partial charge in [-0.15, -0.1) is 0 Å². The van der Waals surface area contributed by atoms with E-state index in [4.69, 9.17) is 14.6 Å². The van der Waals surface area contributed by atoms with E-state index in [1.54, 1.807) is 43.3 Å². The molecule has 2 aromatic rings. The van der Waals surface area contributed by atoms with Crippen LogP contribution in [-0.2, 0) is 14.3 Å². The normalized spacial score (nSPS) is 13.1. The Morgan fingerprint density at radius 3 is 2.57 bits per heavy atom. The van der Waals surface area contributed by atoms with Gasteiger partial charge in [0.1, 0.15) is 11.9 Å². The highest BCUT2D eigenvalue weighted by molar-refractivity contribution is 14.1. The number of anilines is 1. The number of phenolic OH excluding ortho intramolecular Hbond substituents is 1. The predicted octanol–water partition coefficient (Wildman–Crippen LogP) is 4.33. The van der Waals surface area contributed by atoms with Gasteiger partial charge < -0.3 is 19.7 Å². The fraction of sp³-hybridized carbons (Fsp3) is 0.200. The molecule has 1 amide bonds. The van der Waals surface area contributed by atoms with Crippen molar-refractivity contribution in [2.45, 2.75) is 19.1 Å². The van der Waals surface area contributed by atoms with E-state index in [2.05, 4.69) is 27.9 Å². The highest BCUT2D eigenvalue weighted by Gasteiger charge is 2.29. The second kappa shape index (κ2) is 10.7. The molecule has 0 aliphatic carbocycles. The quantitative estimate of drug-likeness (QED) is 0.371. The third kappa shape index (κ3) is 6.54. The molecule has 2 rings (SSSR count). The summed E-state index contributed by atoms with van der Waals surface area (Å²) in [5.41, 5.74) is 0.843. The molecule has 7 nitrogen and oxygen atoms in total. The van der Waals surface area contributed by atoms with E-state index in [-0.39, 0.29) is 12.4 Å². The van der Waals surface area contributed by atoms with Crippen molar-refractivity contribution in [3.05, 3.63) is 69.8 Å². The number of carbonyl (C=O) groups is 2. The van der Waals surface area contributed by atoms with E-state index < -0.39 is 24.3 Å². The van der Waals surface area contributed by atoms with Gasteiger partial charge in [-0.05, 0) is 65.9 Å². The summed E-state index contributed by atoms with van der Waals surface area (Å²) in [6.45, 7) is 1.98. The molecule has 2 aromatic carbocycles. The number of carboxylic acids is 1. The Kier molecular flexibility index (Phi) is 8.27. The lowest BCUT2D eigenvalue weighted by atomic mass is 10.0. The molecule has 0 saturated heterocycles. The minimum atomic E-state index is -1.16. The Hall–Kier alpha value is -2.59. The Bertz CT molecular complexity index is 840. The lowest BCUT2D eigenvalue weighted by Crippen LogP contribution is -2.28. The summed E-state index contributed by atoms with van der Waals surface area (Å²) in [6.07, 6.45) is -0.536. The number of benzene rings is 2. The molecule has 0 unspecified atom stereocenters. The Morgan fingerprint density at radius 1 is 1.21 bits per heavy atom. The zero-order chi connectivity index (χ0) is 20.5. The highest BCUT2D eigenvalue weighted by atomic mass is 127. The monoisotopic (exact) mass is 497 g/mol. The Labute approximate surface area is 176 Å². The van der Waals surface area contributed by atoms with Gasteiger partial charge in [0.2, 0.25) is 0 Å². The summed E-state index contributed by atoms with van der Waals surface area (Å²) in [6, 6.07) is 13.6. The number of aliphatic carboxylic acids is 1. The highest BCUT2D eigenvalue weighted by Crippen LogP contribution is 2.33. The summed E-state index contributed by atoms with van der Waals surface area (Å²) in [7, 11) is 0. The smallest absolute Gasteiger partial charge is 0.412 e. The molecule has 28 heavy (non-hydrogen) atoms. The van der Waals surface area contributed by atoms with Crippen LogP contribution in [0.1, 0.15) is 18.6 Å². The first-order valence-electron chi connectivity index (χ1n) is 8.44. The summed E-state index contributed by atoms with van der Waals surface area (Å²) >= 11 is 2.06. The topological polar surface area (TPSA) is 105 Å². The van der Waals surface area contributed by atoms with Crippen molar-refractivity contribution in [3.63, 3.8) is 0 Å². The summed E-state index contributed by atoms with van der Waals surface area (Å²) < 4.78 is 11.9. The van der Waals surface area contributed by atoms with Crippen molar-refractivity contribution in [3.8, 4) is 5.75 Å². The van der Waals surface area contributed by atoms with Gasteiger partial charge in [-0.25, -0.2) is 9.59 Å². The van der Waals surface area contributed by atoms with Crippen molar-refractivity contribution in [1.82, 2.24) is 0 Å². The summed E-state index contributed by atoms with van der Waals surface area (Å²) in [5, 5.41) is 21.8. The van der Waals surface area contributed by atoms with Crippen molar-refractivity contribution in [1.29, 1.82) is 0 Å². The summed E-state index contributed by atoms with van der Waals surface area (Å²) in [4.78, 5) is 23.4. The Morgan fingerprint density at radius 2 is 1.93 bits per heavy atom. The van der Waals surface area contributed by atoms with E-state index in [9.17, 15) is 14.7 Å². The van der Waals surface area contributed by atoms with Crippen molar-refractivity contribution >= 4 is 40.3 Å². The number of ether oxygens (including phenoxy) is 2. The molecule has 0 radical (unpaired) electrons. The average molecular weight is 497 g/mol. The van der Waals surface area contributed by atoms with Crippen molar-refractivity contribution in [2.24, 2.45) is 0 Å². The lowest BCUT2D eigenvalue weighted by molar-refractivity contribution is -0.131. The van der Waals surface area contributed by atoms with Crippen LogP contribution in [0.2, 0.25) is 0 Å². The van der Waals surface area contributed by atoms with Gasteiger partial charge in [0, 0.05) is 27.5 Å². The van der Waals surface area contributed by atoms with Gasteiger partial charge in [0.05, 0.1) is 0 Å². The van der Waals surface area contributed by atoms with E-state index in [1.165, 1.54) is 12.1 Å². The van der Waals surface area contributed by atoms with Crippen LogP contribution in [0.25, 0.3) is 0 Å². The van der Waals surface area contributed by atoms with Crippen LogP contribution in [0.15, 0.2) is 60.7 Å². The van der Waals surface area contributed by atoms with E-state index in [1.807, 2.05) is 6.07 Å². The predicted molar refractivity (Wildman–Crippen MR) is 112 cm³/mol. The fourth-order valence-corrected chi connectivity index (χ4v) is 2.97. The fourth-order valence-electron chi connectivity index (χ4n) is 2.46.